The summed E-state index contributed by atoms with van der Waals surface area (Å²) in [5, 5.41) is 8.56. The molecule has 1 heterocycles. The molecule has 0 saturated carbocycles. The van der Waals surface area contributed by atoms with Crippen LogP contribution in [0.1, 0.15) is 13.8 Å². The quantitative estimate of drug-likeness (QED) is 0.768. The van der Waals surface area contributed by atoms with Crippen molar-refractivity contribution >= 4 is 29.9 Å². The summed E-state index contributed by atoms with van der Waals surface area (Å²) < 4.78 is 5.43. The van der Waals surface area contributed by atoms with Crippen LogP contribution < -0.4 is 16.0 Å². The molecule has 6 nitrogen and oxygen atoms in total. The van der Waals surface area contributed by atoms with Crippen molar-refractivity contribution in [1.29, 1.82) is 0 Å². The summed E-state index contributed by atoms with van der Waals surface area (Å²) in [7, 11) is 0. The molecule has 0 spiro atoms. The van der Waals surface area contributed by atoms with Crippen molar-refractivity contribution in [3.63, 3.8) is 0 Å². The summed E-state index contributed by atoms with van der Waals surface area (Å²) >= 11 is 0. The van der Waals surface area contributed by atoms with Crippen LogP contribution in [-0.4, -0.2) is 43.2 Å². The summed E-state index contributed by atoms with van der Waals surface area (Å²) in [5.41, 5.74) is 0.705. The van der Waals surface area contributed by atoms with Gasteiger partial charge in [-0.25, -0.2) is 0 Å². The molecule has 0 aromatic heterocycles. The first kappa shape index (κ1) is 18.4. The van der Waals surface area contributed by atoms with Crippen molar-refractivity contribution in [3.8, 4) is 0 Å². The molecule has 3 atom stereocenters. The van der Waals surface area contributed by atoms with Gasteiger partial charge in [0.2, 0.25) is 11.8 Å². The van der Waals surface area contributed by atoms with E-state index in [0.717, 1.165) is 0 Å². The average Bonchev–Trinajstić information content (AvgIpc) is 2.48. The number of hydrogen-bond donors (Lipinski definition) is 3. The minimum absolute atomic E-state index is 0. The second kappa shape index (κ2) is 8.73. The molecule has 122 valence electrons. The molecule has 3 N–H and O–H groups in total. The van der Waals surface area contributed by atoms with Gasteiger partial charge in [-0.2, -0.15) is 0 Å². The molecule has 1 aliphatic heterocycles. The number of benzene rings is 1. The van der Waals surface area contributed by atoms with E-state index in [9.17, 15) is 9.59 Å². The number of carbonyl (C=O) groups is 2. The summed E-state index contributed by atoms with van der Waals surface area (Å²) in [6.07, 6.45) is -0.205. The molecular weight excluding hydrogens is 306 g/mol. The molecule has 1 unspecified atom stereocenters. The van der Waals surface area contributed by atoms with Crippen LogP contribution in [0.15, 0.2) is 30.3 Å². The molecule has 1 aromatic carbocycles. The molecule has 22 heavy (non-hydrogen) atoms. The maximum Gasteiger partial charge on any atom is 0.246 e. The first-order valence-corrected chi connectivity index (χ1v) is 7.09. The fourth-order valence-corrected chi connectivity index (χ4v) is 2.17. The van der Waals surface area contributed by atoms with Gasteiger partial charge in [-0.1, -0.05) is 18.2 Å². The van der Waals surface area contributed by atoms with Gasteiger partial charge in [0, 0.05) is 12.2 Å². The lowest BCUT2D eigenvalue weighted by molar-refractivity contribution is -0.132. The zero-order valence-corrected chi connectivity index (χ0v) is 13.5. The Hall–Kier alpha value is -1.63. The van der Waals surface area contributed by atoms with Gasteiger partial charge >= 0.3 is 0 Å². The lowest BCUT2D eigenvalue weighted by Gasteiger charge is -2.30. The number of ether oxygens (including phenoxy) is 1. The monoisotopic (exact) mass is 327 g/mol. The van der Waals surface area contributed by atoms with Crippen LogP contribution in [0, 0.1) is 0 Å². The van der Waals surface area contributed by atoms with Crippen LogP contribution in [0.5, 0.6) is 0 Å². The van der Waals surface area contributed by atoms with Crippen molar-refractivity contribution in [2.24, 2.45) is 0 Å². The average molecular weight is 328 g/mol. The Morgan fingerprint density at radius 3 is 2.64 bits per heavy atom. The van der Waals surface area contributed by atoms with Crippen LogP contribution in [0.2, 0.25) is 0 Å². The Kier molecular flexibility index (Phi) is 7.31. The van der Waals surface area contributed by atoms with Crippen LogP contribution in [0.25, 0.3) is 0 Å². The van der Waals surface area contributed by atoms with Crippen LogP contribution in [0.3, 0.4) is 0 Å². The number of nitrogens with one attached hydrogen (secondary N) is 3. The predicted molar refractivity (Wildman–Crippen MR) is 87.1 cm³/mol. The number of para-hydroxylation sites is 1. The number of anilines is 1. The van der Waals surface area contributed by atoms with Crippen LogP contribution in [-0.2, 0) is 14.3 Å². The van der Waals surface area contributed by atoms with Crippen LogP contribution >= 0.6 is 12.4 Å². The van der Waals surface area contributed by atoms with Gasteiger partial charge in [-0.05, 0) is 26.0 Å². The van der Waals surface area contributed by atoms with Crippen LogP contribution in [0.4, 0.5) is 5.69 Å². The molecule has 1 fully saturated rings. The molecule has 1 aromatic rings. The van der Waals surface area contributed by atoms with E-state index in [4.69, 9.17) is 4.74 Å². The fraction of sp³-hybridized carbons (Fsp3) is 0.467. The maximum absolute atomic E-state index is 12.1. The number of morpholine rings is 1. The molecule has 2 amide bonds. The first-order chi connectivity index (χ1) is 10.1. The number of carbonyl (C=O) groups excluding carboxylic acids is 2. The third-order valence-corrected chi connectivity index (χ3v) is 3.39. The van der Waals surface area contributed by atoms with Gasteiger partial charge in [0.15, 0.2) is 0 Å². The number of hydrogen-bond acceptors (Lipinski definition) is 4. The second-order valence-corrected chi connectivity index (χ2v) is 5.09. The summed E-state index contributed by atoms with van der Waals surface area (Å²) in [6, 6.07) is 8.10. The zero-order valence-electron chi connectivity index (χ0n) is 12.7. The lowest BCUT2D eigenvalue weighted by Crippen LogP contribution is -2.57. The van der Waals surface area contributed by atoms with Gasteiger partial charge in [0.05, 0.1) is 12.7 Å². The second-order valence-electron chi connectivity index (χ2n) is 5.09. The Bertz CT molecular complexity index is 498. The number of rotatable bonds is 4. The van der Waals surface area contributed by atoms with Gasteiger partial charge in [-0.3, -0.25) is 9.59 Å². The Balaban J connectivity index is 0.00000242. The Morgan fingerprint density at radius 2 is 2.00 bits per heavy atom. The molecule has 0 bridgehead atoms. The van der Waals surface area contributed by atoms with Crippen molar-refractivity contribution in [3.05, 3.63) is 30.3 Å². The summed E-state index contributed by atoms with van der Waals surface area (Å²) in [6.45, 7) is 4.72. The topological polar surface area (TPSA) is 79.5 Å². The molecule has 1 aliphatic rings. The highest BCUT2D eigenvalue weighted by Gasteiger charge is 2.30. The van der Waals surface area contributed by atoms with E-state index in [-0.39, 0.29) is 30.3 Å². The molecule has 0 radical (unpaired) electrons. The van der Waals surface area contributed by atoms with E-state index in [2.05, 4.69) is 16.0 Å². The highest BCUT2D eigenvalue weighted by molar-refractivity contribution is 5.97. The van der Waals surface area contributed by atoms with Gasteiger partial charge in [0.1, 0.15) is 12.1 Å². The normalized spacial score (nSPS) is 22.1. The third-order valence-electron chi connectivity index (χ3n) is 3.39. The van der Waals surface area contributed by atoms with Gasteiger partial charge < -0.3 is 20.7 Å². The molecule has 2 rings (SSSR count). The van der Waals surface area contributed by atoms with Gasteiger partial charge in [-0.15, -0.1) is 12.4 Å². The molecule has 0 aliphatic carbocycles. The van der Waals surface area contributed by atoms with Crippen molar-refractivity contribution in [2.45, 2.75) is 32.0 Å². The number of halogens is 1. The molecule has 1 saturated heterocycles. The lowest BCUT2D eigenvalue weighted by atomic mass is 10.1. The van der Waals surface area contributed by atoms with Crippen molar-refractivity contribution in [1.82, 2.24) is 10.6 Å². The van der Waals surface area contributed by atoms with E-state index in [1.165, 1.54) is 0 Å². The minimum atomic E-state index is -0.617. The largest absolute Gasteiger partial charge is 0.375 e. The van der Waals surface area contributed by atoms with Gasteiger partial charge in [0.25, 0.3) is 0 Å². The Morgan fingerprint density at radius 1 is 1.32 bits per heavy atom. The highest BCUT2D eigenvalue weighted by Crippen LogP contribution is 2.07. The van der Waals surface area contributed by atoms with E-state index < -0.39 is 12.1 Å². The zero-order chi connectivity index (χ0) is 15.2. The molecular formula is C15H22ClN3O3. The SMILES string of the molecule is CC(NC(=O)[C@H]1NCCO[C@@H]1C)C(=O)Nc1ccccc1.Cl. The van der Waals surface area contributed by atoms with E-state index in [1.807, 2.05) is 25.1 Å². The maximum atomic E-state index is 12.1. The minimum Gasteiger partial charge on any atom is -0.375 e. The first-order valence-electron chi connectivity index (χ1n) is 7.09. The summed E-state index contributed by atoms with van der Waals surface area (Å²) in [4.78, 5) is 24.2. The van der Waals surface area contributed by atoms with E-state index >= 15 is 0 Å². The number of amides is 2. The van der Waals surface area contributed by atoms with Crippen molar-refractivity contribution in [2.75, 3.05) is 18.5 Å². The third kappa shape index (κ3) is 4.98. The van der Waals surface area contributed by atoms with Crippen molar-refractivity contribution < 1.29 is 14.3 Å². The fourth-order valence-electron chi connectivity index (χ4n) is 2.17. The van der Waals surface area contributed by atoms with E-state index in [0.29, 0.717) is 18.8 Å². The predicted octanol–water partition coefficient (Wildman–Crippen LogP) is 0.928. The Labute approximate surface area is 136 Å². The smallest absolute Gasteiger partial charge is 0.246 e. The van der Waals surface area contributed by atoms with E-state index in [1.54, 1.807) is 19.1 Å². The summed E-state index contributed by atoms with van der Waals surface area (Å²) in [5.74, 6) is -0.475. The molecule has 7 heteroatoms. The highest BCUT2D eigenvalue weighted by atomic mass is 35.5. The standard InChI is InChI=1S/C15H21N3O3.ClH/c1-10(14(19)18-12-6-4-3-5-7-12)17-15(20)13-11(2)21-9-8-16-13;/h3-7,10-11,13,16H,8-9H2,1-2H3,(H,17,20)(H,18,19);1H/t10?,11-,13+;/m1./s1.